The third-order valence-electron chi connectivity index (χ3n) is 3.04. The summed E-state index contributed by atoms with van der Waals surface area (Å²) in [4.78, 5) is 0. The largest absolute Gasteiger partial charge is 0.326 e. The Balaban J connectivity index is 2.14. The Labute approximate surface area is 102 Å². The molecule has 0 aliphatic carbocycles. The van der Waals surface area contributed by atoms with Crippen molar-refractivity contribution in [2.24, 2.45) is 5.73 Å². The molecule has 0 aromatic heterocycles. The molecule has 94 valence electrons. The molecule has 17 heavy (non-hydrogen) atoms. The lowest BCUT2D eigenvalue weighted by Crippen LogP contribution is -2.37. The van der Waals surface area contributed by atoms with Crippen molar-refractivity contribution < 1.29 is 8.42 Å². The zero-order chi connectivity index (χ0) is 12.3. The minimum atomic E-state index is -3.04. The second-order valence-electron chi connectivity index (χ2n) is 4.38. The molecule has 1 saturated heterocycles. The highest BCUT2D eigenvalue weighted by atomic mass is 32.2. The quantitative estimate of drug-likeness (QED) is 0.877. The van der Waals surface area contributed by atoms with Gasteiger partial charge in [-0.25, -0.2) is 8.42 Å². The third-order valence-corrected chi connectivity index (χ3v) is 4.94. The van der Waals surface area contributed by atoms with Gasteiger partial charge in [0, 0.05) is 19.6 Å². The summed E-state index contributed by atoms with van der Waals surface area (Å²) in [6.45, 7) is 1.59. The molecule has 0 bridgehead atoms. The minimum Gasteiger partial charge on any atom is -0.326 e. The maximum absolute atomic E-state index is 11.8. The highest BCUT2D eigenvalue weighted by molar-refractivity contribution is 7.89. The Bertz CT molecular complexity index is 485. The van der Waals surface area contributed by atoms with E-state index >= 15 is 0 Å². The lowest BCUT2D eigenvalue weighted by molar-refractivity contribution is 0.378. The summed E-state index contributed by atoms with van der Waals surface area (Å²) in [5.41, 5.74) is 7.62. The van der Waals surface area contributed by atoms with Gasteiger partial charge < -0.3 is 5.73 Å². The van der Waals surface area contributed by atoms with Crippen LogP contribution in [0.3, 0.4) is 0 Å². The van der Waals surface area contributed by atoms with Gasteiger partial charge in [-0.05, 0) is 24.0 Å². The Hall–Kier alpha value is -0.910. The average molecular weight is 254 g/mol. The zero-order valence-corrected chi connectivity index (χ0v) is 10.6. The molecule has 4 nitrogen and oxygen atoms in total. The van der Waals surface area contributed by atoms with Gasteiger partial charge in [0.05, 0.1) is 5.75 Å². The van der Waals surface area contributed by atoms with Crippen LogP contribution in [0.4, 0.5) is 0 Å². The smallest absolute Gasteiger partial charge is 0.214 e. The summed E-state index contributed by atoms with van der Waals surface area (Å²) in [6, 6.07) is 7.80. The first-order valence-electron chi connectivity index (χ1n) is 5.87. The van der Waals surface area contributed by atoms with E-state index in [4.69, 9.17) is 5.73 Å². The maximum Gasteiger partial charge on any atom is 0.214 e. The van der Waals surface area contributed by atoms with Crippen LogP contribution in [0.2, 0.25) is 0 Å². The average Bonchev–Trinajstić information content (AvgIpc) is 2.32. The van der Waals surface area contributed by atoms with Crippen molar-refractivity contribution in [3.8, 4) is 0 Å². The molecule has 2 rings (SSSR count). The first kappa shape index (κ1) is 12.5. The zero-order valence-electron chi connectivity index (χ0n) is 9.80. The van der Waals surface area contributed by atoms with E-state index in [1.807, 2.05) is 24.3 Å². The highest BCUT2D eigenvalue weighted by Gasteiger charge is 2.25. The number of sulfonamides is 1. The molecule has 0 atom stereocenters. The molecule has 1 aliphatic rings. The maximum atomic E-state index is 11.8. The molecule has 1 fully saturated rings. The highest BCUT2D eigenvalue weighted by Crippen LogP contribution is 2.17. The summed E-state index contributed by atoms with van der Waals surface area (Å²) in [7, 11) is -3.04. The fourth-order valence-electron chi connectivity index (χ4n) is 2.08. The van der Waals surface area contributed by atoms with Crippen molar-refractivity contribution >= 4 is 10.0 Å². The number of nitrogens with two attached hydrogens (primary N) is 1. The first-order chi connectivity index (χ1) is 8.12. The normalized spacial score (nSPS) is 20.3. The van der Waals surface area contributed by atoms with Crippen LogP contribution in [0.15, 0.2) is 24.3 Å². The van der Waals surface area contributed by atoms with Crippen LogP contribution in [0.5, 0.6) is 0 Å². The number of nitrogens with zero attached hydrogens (tertiary/aromatic N) is 1. The van der Waals surface area contributed by atoms with Gasteiger partial charge in [-0.1, -0.05) is 24.3 Å². The van der Waals surface area contributed by atoms with Gasteiger partial charge in [0.2, 0.25) is 10.0 Å². The van der Waals surface area contributed by atoms with Crippen molar-refractivity contribution in [2.45, 2.75) is 25.9 Å². The van der Waals surface area contributed by atoms with Crippen LogP contribution in [0.25, 0.3) is 0 Å². The summed E-state index contributed by atoms with van der Waals surface area (Å²) in [5, 5.41) is 0. The van der Waals surface area contributed by atoms with E-state index in [1.54, 1.807) is 4.31 Å². The summed E-state index contributed by atoms with van der Waals surface area (Å²) in [5.74, 6) is 0.281. The van der Waals surface area contributed by atoms with E-state index in [0.717, 1.165) is 24.0 Å². The number of hydrogen-bond acceptors (Lipinski definition) is 3. The van der Waals surface area contributed by atoms with Gasteiger partial charge in [0.1, 0.15) is 0 Å². The monoisotopic (exact) mass is 254 g/mol. The Morgan fingerprint density at radius 2 is 2.00 bits per heavy atom. The van der Waals surface area contributed by atoms with Crippen molar-refractivity contribution in [3.05, 3.63) is 35.4 Å². The van der Waals surface area contributed by atoms with Crippen LogP contribution >= 0.6 is 0 Å². The minimum absolute atomic E-state index is 0.281. The predicted molar refractivity (Wildman–Crippen MR) is 67.8 cm³/mol. The second kappa shape index (κ2) is 5.16. The number of rotatable bonds is 3. The Morgan fingerprint density at radius 3 is 2.71 bits per heavy atom. The Morgan fingerprint density at radius 1 is 1.24 bits per heavy atom. The van der Waals surface area contributed by atoms with Gasteiger partial charge >= 0.3 is 0 Å². The molecular formula is C12H18N2O2S. The lowest BCUT2D eigenvalue weighted by Gasteiger charge is -2.26. The van der Waals surface area contributed by atoms with E-state index in [0.29, 0.717) is 19.6 Å². The molecule has 0 spiro atoms. The van der Waals surface area contributed by atoms with Crippen LogP contribution in [-0.4, -0.2) is 25.0 Å². The molecule has 1 aliphatic heterocycles. The van der Waals surface area contributed by atoms with E-state index in [9.17, 15) is 8.42 Å². The van der Waals surface area contributed by atoms with Gasteiger partial charge in [-0.15, -0.1) is 0 Å². The molecule has 2 N–H and O–H groups in total. The van der Waals surface area contributed by atoms with Crippen molar-refractivity contribution in [1.29, 1.82) is 0 Å². The van der Waals surface area contributed by atoms with Crippen LogP contribution < -0.4 is 5.73 Å². The van der Waals surface area contributed by atoms with Crippen molar-refractivity contribution in [3.63, 3.8) is 0 Å². The summed E-state index contributed by atoms with van der Waals surface area (Å²) >= 11 is 0. The lowest BCUT2D eigenvalue weighted by atomic mass is 10.1. The molecule has 1 heterocycles. The fourth-order valence-corrected chi connectivity index (χ4v) is 3.66. The fraction of sp³-hybridized carbons (Fsp3) is 0.500. The number of hydrogen-bond donors (Lipinski definition) is 1. The van der Waals surface area contributed by atoms with Crippen LogP contribution in [0.1, 0.15) is 24.0 Å². The van der Waals surface area contributed by atoms with Crippen molar-refractivity contribution in [2.75, 3.05) is 12.3 Å². The molecule has 1 aromatic carbocycles. The molecule has 1 aromatic rings. The van der Waals surface area contributed by atoms with E-state index in [1.165, 1.54) is 0 Å². The molecule has 0 amide bonds. The molecule has 0 radical (unpaired) electrons. The van der Waals surface area contributed by atoms with Gasteiger partial charge in [-0.2, -0.15) is 4.31 Å². The summed E-state index contributed by atoms with van der Waals surface area (Å²) < 4.78 is 25.3. The van der Waals surface area contributed by atoms with E-state index in [2.05, 4.69) is 0 Å². The van der Waals surface area contributed by atoms with Gasteiger partial charge in [-0.3, -0.25) is 0 Å². The SMILES string of the molecule is NCc1cccc(CN2CCCCS2(=O)=O)c1. The number of benzene rings is 1. The van der Waals surface area contributed by atoms with E-state index < -0.39 is 10.0 Å². The molecule has 5 heteroatoms. The molecule has 0 saturated carbocycles. The Kier molecular flexibility index (Phi) is 3.81. The summed E-state index contributed by atoms with van der Waals surface area (Å²) in [6.07, 6.45) is 1.73. The third kappa shape index (κ3) is 3.06. The molecule has 0 unspecified atom stereocenters. The van der Waals surface area contributed by atoms with Gasteiger partial charge in [0.15, 0.2) is 0 Å². The topological polar surface area (TPSA) is 63.4 Å². The van der Waals surface area contributed by atoms with Crippen LogP contribution in [0, 0.1) is 0 Å². The predicted octanol–water partition coefficient (Wildman–Crippen LogP) is 1.07. The van der Waals surface area contributed by atoms with Crippen LogP contribution in [-0.2, 0) is 23.1 Å². The first-order valence-corrected chi connectivity index (χ1v) is 7.48. The van der Waals surface area contributed by atoms with Gasteiger partial charge in [0.25, 0.3) is 0 Å². The standard InChI is InChI=1S/C12H18N2O2S/c13-9-11-4-3-5-12(8-11)10-14-6-1-2-7-17(14,15)16/h3-5,8H,1-2,6-7,9-10,13H2. The molecular weight excluding hydrogens is 236 g/mol. The van der Waals surface area contributed by atoms with E-state index in [-0.39, 0.29) is 5.75 Å². The van der Waals surface area contributed by atoms with Crippen molar-refractivity contribution in [1.82, 2.24) is 4.31 Å². The second-order valence-corrected chi connectivity index (χ2v) is 6.47.